The van der Waals surface area contributed by atoms with Crippen molar-refractivity contribution in [1.82, 2.24) is 14.3 Å². The molecule has 0 radical (unpaired) electrons. The molecule has 7 heteroatoms. The van der Waals surface area contributed by atoms with Crippen LogP contribution in [0.3, 0.4) is 0 Å². The lowest BCUT2D eigenvalue weighted by Gasteiger charge is -2.20. The highest BCUT2D eigenvalue weighted by Gasteiger charge is 2.22. The zero-order valence-corrected chi connectivity index (χ0v) is 18.9. The van der Waals surface area contributed by atoms with E-state index in [1.54, 1.807) is 22.8 Å². The lowest BCUT2D eigenvalue weighted by molar-refractivity contribution is 0.0697. The van der Waals surface area contributed by atoms with Gasteiger partial charge in [0.15, 0.2) is 0 Å². The van der Waals surface area contributed by atoms with Crippen molar-refractivity contribution in [3.8, 4) is 11.1 Å². The lowest BCUT2D eigenvalue weighted by atomic mass is 9.87. The number of hydrogen-bond acceptors (Lipinski definition) is 4. The van der Waals surface area contributed by atoms with Gasteiger partial charge in [0.1, 0.15) is 5.82 Å². The molecule has 33 heavy (non-hydrogen) atoms. The van der Waals surface area contributed by atoms with Gasteiger partial charge in [-0.15, -0.1) is 9.78 Å². The quantitative estimate of drug-likeness (QED) is 0.570. The molecule has 1 heterocycles. The van der Waals surface area contributed by atoms with Crippen molar-refractivity contribution in [2.75, 3.05) is 0 Å². The molecule has 0 unspecified atom stereocenters. The third-order valence-electron chi connectivity index (χ3n) is 6.44. The van der Waals surface area contributed by atoms with Gasteiger partial charge >= 0.3 is 11.7 Å². The number of carboxylic acid groups (broad SMARTS) is 1. The Morgan fingerprint density at radius 2 is 1.73 bits per heavy atom. The van der Waals surface area contributed by atoms with E-state index < -0.39 is 11.7 Å². The molecule has 2 aromatic carbocycles. The average molecular weight is 448 g/mol. The maximum Gasteiger partial charge on any atom is 0.353 e. The molecule has 1 aliphatic rings. The van der Waals surface area contributed by atoms with Crippen LogP contribution in [0.1, 0.15) is 72.0 Å². The van der Waals surface area contributed by atoms with E-state index in [1.165, 1.54) is 6.42 Å². The first-order chi connectivity index (χ1) is 16.0. The van der Waals surface area contributed by atoms with E-state index in [-0.39, 0.29) is 11.5 Å². The molecule has 0 amide bonds. The van der Waals surface area contributed by atoms with Crippen LogP contribution in [-0.4, -0.2) is 31.3 Å². The van der Waals surface area contributed by atoms with Crippen molar-refractivity contribution in [3.63, 3.8) is 0 Å². The summed E-state index contributed by atoms with van der Waals surface area (Å²) in [7, 11) is 0. The first kappa shape index (κ1) is 22.7. The van der Waals surface area contributed by atoms with Crippen LogP contribution in [0.5, 0.6) is 0 Å². The minimum atomic E-state index is -0.973. The zero-order valence-electron chi connectivity index (χ0n) is 18.9. The molecular weight excluding hydrogens is 418 g/mol. The van der Waals surface area contributed by atoms with Gasteiger partial charge in [0.25, 0.3) is 5.91 Å². The second kappa shape index (κ2) is 9.98. The standard InChI is InChI=1S/C26H29N3O4/c1-2-23-27-29(24(30)16-18-8-4-3-5-9-18)26(33)28(23)17-19-12-14-20(15-13-19)21-10-6-7-11-22(21)25(31)32/h6-7,10-15,18H,2-5,8-9,16-17H2,1H3,(H,31,32). The third kappa shape index (κ3) is 4.97. The molecule has 1 aromatic heterocycles. The van der Waals surface area contributed by atoms with Gasteiger partial charge in [0.05, 0.1) is 12.1 Å². The average Bonchev–Trinajstić information content (AvgIpc) is 3.15. The molecule has 1 aliphatic carbocycles. The van der Waals surface area contributed by atoms with E-state index in [4.69, 9.17) is 0 Å². The van der Waals surface area contributed by atoms with E-state index >= 15 is 0 Å². The zero-order chi connectivity index (χ0) is 23.4. The summed E-state index contributed by atoms with van der Waals surface area (Å²) >= 11 is 0. The van der Waals surface area contributed by atoms with Crippen molar-refractivity contribution >= 4 is 11.9 Å². The Bertz CT molecular complexity index is 1200. The summed E-state index contributed by atoms with van der Waals surface area (Å²) in [5.41, 5.74) is 2.16. The Morgan fingerprint density at radius 3 is 2.39 bits per heavy atom. The summed E-state index contributed by atoms with van der Waals surface area (Å²) in [6.45, 7) is 2.22. The fraction of sp³-hybridized carbons (Fsp3) is 0.385. The number of rotatable bonds is 7. The fourth-order valence-electron chi connectivity index (χ4n) is 4.64. The van der Waals surface area contributed by atoms with E-state index in [2.05, 4.69) is 5.10 Å². The van der Waals surface area contributed by atoms with Crippen molar-refractivity contribution in [2.24, 2.45) is 5.92 Å². The molecule has 1 N–H and O–H groups in total. The van der Waals surface area contributed by atoms with Gasteiger partial charge in [-0.3, -0.25) is 9.36 Å². The minimum absolute atomic E-state index is 0.221. The van der Waals surface area contributed by atoms with Crippen molar-refractivity contribution < 1.29 is 14.7 Å². The van der Waals surface area contributed by atoms with Crippen LogP contribution >= 0.6 is 0 Å². The summed E-state index contributed by atoms with van der Waals surface area (Å²) < 4.78 is 2.60. The molecule has 1 saturated carbocycles. The number of aryl methyl sites for hydroxylation is 1. The van der Waals surface area contributed by atoms with E-state index in [1.807, 2.05) is 37.3 Å². The molecule has 3 aromatic rings. The summed E-state index contributed by atoms with van der Waals surface area (Å²) in [6, 6.07) is 14.3. The van der Waals surface area contributed by atoms with Crippen LogP contribution in [0.15, 0.2) is 53.3 Å². The number of carbonyl (C=O) groups excluding carboxylic acids is 1. The number of nitrogens with zero attached hydrogens (tertiary/aromatic N) is 3. The normalized spacial score (nSPS) is 14.3. The molecule has 0 spiro atoms. The highest BCUT2D eigenvalue weighted by atomic mass is 16.4. The molecule has 0 bridgehead atoms. The monoisotopic (exact) mass is 447 g/mol. The number of carbonyl (C=O) groups is 2. The molecular formula is C26H29N3O4. The minimum Gasteiger partial charge on any atom is -0.478 e. The maximum absolute atomic E-state index is 13.0. The number of hydrogen-bond donors (Lipinski definition) is 1. The number of aromatic carboxylic acids is 1. The van der Waals surface area contributed by atoms with Crippen molar-refractivity contribution in [1.29, 1.82) is 0 Å². The summed E-state index contributed by atoms with van der Waals surface area (Å²) in [5, 5.41) is 13.8. The van der Waals surface area contributed by atoms with Crippen LogP contribution in [-0.2, 0) is 13.0 Å². The summed E-state index contributed by atoms with van der Waals surface area (Å²) in [5.74, 6) is -0.271. The molecule has 4 rings (SSSR count). The molecule has 0 saturated heterocycles. The van der Waals surface area contributed by atoms with Gasteiger partial charge in [-0.05, 0) is 41.5 Å². The Kier molecular flexibility index (Phi) is 6.87. The van der Waals surface area contributed by atoms with Crippen molar-refractivity contribution in [2.45, 2.75) is 58.4 Å². The lowest BCUT2D eigenvalue weighted by Crippen LogP contribution is -2.31. The number of aromatic nitrogens is 3. The molecule has 172 valence electrons. The van der Waals surface area contributed by atoms with Crippen LogP contribution < -0.4 is 5.69 Å². The molecule has 1 fully saturated rings. The number of benzene rings is 2. The van der Waals surface area contributed by atoms with Gasteiger partial charge in [-0.25, -0.2) is 9.59 Å². The second-order valence-corrected chi connectivity index (χ2v) is 8.70. The van der Waals surface area contributed by atoms with Crippen LogP contribution in [0.2, 0.25) is 0 Å². The van der Waals surface area contributed by atoms with Crippen LogP contribution in [0.25, 0.3) is 11.1 Å². The predicted octanol–water partition coefficient (Wildman–Crippen LogP) is 4.63. The molecule has 7 nitrogen and oxygen atoms in total. The SMILES string of the molecule is CCc1nn(C(=O)CC2CCCCC2)c(=O)n1Cc1ccc(-c2ccccc2C(=O)O)cc1. The van der Waals surface area contributed by atoms with Gasteiger partial charge in [0.2, 0.25) is 0 Å². The van der Waals surface area contributed by atoms with E-state index in [9.17, 15) is 19.5 Å². The second-order valence-electron chi connectivity index (χ2n) is 8.70. The number of carboxylic acids is 1. The van der Waals surface area contributed by atoms with Gasteiger partial charge in [0, 0.05) is 12.8 Å². The summed E-state index contributed by atoms with van der Waals surface area (Å²) in [6.07, 6.45) is 6.52. The Labute approximate surface area is 192 Å². The van der Waals surface area contributed by atoms with Gasteiger partial charge < -0.3 is 5.11 Å². The first-order valence-corrected chi connectivity index (χ1v) is 11.6. The topological polar surface area (TPSA) is 94.2 Å². The predicted molar refractivity (Wildman–Crippen MR) is 126 cm³/mol. The Hall–Kier alpha value is -3.48. The smallest absolute Gasteiger partial charge is 0.353 e. The Balaban J connectivity index is 1.55. The maximum atomic E-state index is 13.0. The molecule has 0 aliphatic heterocycles. The van der Waals surface area contributed by atoms with Crippen LogP contribution in [0.4, 0.5) is 0 Å². The highest BCUT2D eigenvalue weighted by molar-refractivity contribution is 5.96. The van der Waals surface area contributed by atoms with Gasteiger partial charge in [-0.1, -0.05) is 68.7 Å². The van der Waals surface area contributed by atoms with Crippen molar-refractivity contribution in [3.05, 3.63) is 76.0 Å². The first-order valence-electron chi connectivity index (χ1n) is 11.6. The fourth-order valence-corrected chi connectivity index (χ4v) is 4.64. The van der Waals surface area contributed by atoms with E-state index in [0.29, 0.717) is 36.7 Å². The largest absolute Gasteiger partial charge is 0.478 e. The Morgan fingerprint density at radius 1 is 1.03 bits per heavy atom. The summed E-state index contributed by atoms with van der Waals surface area (Å²) in [4.78, 5) is 37.3. The van der Waals surface area contributed by atoms with E-state index in [0.717, 1.165) is 41.5 Å². The molecule has 0 atom stereocenters. The highest BCUT2D eigenvalue weighted by Crippen LogP contribution is 2.27. The van der Waals surface area contributed by atoms with Crippen LogP contribution in [0, 0.1) is 5.92 Å². The van der Waals surface area contributed by atoms with Gasteiger partial charge in [-0.2, -0.15) is 0 Å². The third-order valence-corrected chi connectivity index (χ3v) is 6.44.